The molecule has 1 aromatic heterocycles. The van der Waals surface area contributed by atoms with Crippen LogP contribution in [0.2, 0.25) is 0 Å². The third-order valence-corrected chi connectivity index (χ3v) is 3.91. The number of carboxylic acids is 1. The van der Waals surface area contributed by atoms with E-state index in [1.54, 1.807) is 0 Å². The zero-order chi connectivity index (χ0) is 15.4. The molecule has 7 nitrogen and oxygen atoms in total. The minimum Gasteiger partial charge on any atom is -0.480 e. The van der Waals surface area contributed by atoms with E-state index < -0.39 is 12.0 Å². The van der Waals surface area contributed by atoms with Gasteiger partial charge < -0.3 is 10.0 Å². The Hall–Kier alpha value is -1.70. The Bertz CT molecular complexity index is 513. The number of aromatic nitrogens is 2. The van der Waals surface area contributed by atoms with E-state index in [-0.39, 0.29) is 6.54 Å². The van der Waals surface area contributed by atoms with Crippen LogP contribution in [0.5, 0.6) is 0 Å². The minimum atomic E-state index is -1.01. The van der Waals surface area contributed by atoms with Crippen LogP contribution in [0.25, 0.3) is 0 Å². The number of urea groups is 1. The number of anilines is 1. The van der Waals surface area contributed by atoms with Crippen molar-refractivity contribution in [2.75, 3.05) is 18.4 Å². The van der Waals surface area contributed by atoms with Gasteiger partial charge in [0, 0.05) is 13.0 Å². The van der Waals surface area contributed by atoms with Crippen LogP contribution in [0.15, 0.2) is 0 Å². The molecule has 0 spiro atoms. The lowest BCUT2D eigenvalue weighted by Gasteiger charge is -2.19. The van der Waals surface area contributed by atoms with Gasteiger partial charge in [0.25, 0.3) is 0 Å². The lowest BCUT2D eigenvalue weighted by molar-refractivity contribution is -0.137. The van der Waals surface area contributed by atoms with Gasteiger partial charge in [-0.2, -0.15) is 0 Å². The molecule has 0 saturated heterocycles. The second-order valence-electron chi connectivity index (χ2n) is 5.75. The highest BCUT2D eigenvalue weighted by atomic mass is 32.1. The Morgan fingerprint density at radius 1 is 1.43 bits per heavy atom. The summed E-state index contributed by atoms with van der Waals surface area (Å²) in [7, 11) is 0. The number of carbonyl (C=O) groups is 2. The van der Waals surface area contributed by atoms with Gasteiger partial charge in [-0.05, 0) is 24.7 Å². The fourth-order valence-electron chi connectivity index (χ4n) is 1.90. The van der Waals surface area contributed by atoms with Crippen LogP contribution in [-0.4, -0.2) is 45.3 Å². The number of nitrogens with one attached hydrogen (secondary N) is 1. The molecule has 8 heteroatoms. The van der Waals surface area contributed by atoms with Gasteiger partial charge in [0.15, 0.2) is 0 Å². The van der Waals surface area contributed by atoms with Crippen LogP contribution in [0.3, 0.4) is 0 Å². The van der Waals surface area contributed by atoms with E-state index >= 15 is 0 Å². The van der Waals surface area contributed by atoms with Crippen LogP contribution < -0.4 is 5.32 Å². The van der Waals surface area contributed by atoms with Gasteiger partial charge in [0.05, 0.1) is 0 Å². The van der Waals surface area contributed by atoms with Gasteiger partial charge >= 0.3 is 12.0 Å². The van der Waals surface area contributed by atoms with Gasteiger partial charge in [-0.25, -0.2) is 4.79 Å². The summed E-state index contributed by atoms with van der Waals surface area (Å²) in [4.78, 5) is 24.3. The molecule has 1 aliphatic carbocycles. The minimum absolute atomic E-state index is 0.292. The van der Waals surface area contributed by atoms with E-state index in [4.69, 9.17) is 5.11 Å². The topological polar surface area (TPSA) is 95.4 Å². The lowest BCUT2D eigenvalue weighted by atomic mass is 10.1. The number of nitrogens with zero attached hydrogens (tertiary/aromatic N) is 3. The first kappa shape index (κ1) is 15.7. The highest BCUT2D eigenvalue weighted by Crippen LogP contribution is 2.30. The van der Waals surface area contributed by atoms with E-state index in [2.05, 4.69) is 29.4 Å². The largest absolute Gasteiger partial charge is 0.480 e. The van der Waals surface area contributed by atoms with Crippen LogP contribution in [0.1, 0.15) is 31.7 Å². The maximum atomic E-state index is 12.1. The van der Waals surface area contributed by atoms with Gasteiger partial charge in [0.1, 0.15) is 11.6 Å². The monoisotopic (exact) mass is 312 g/mol. The van der Waals surface area contributed by atoms with E-state index in [0.29, 0.717) is 23.5 Å². The number of hydrogen-bond acceptors (Lipinski definition) is 5. The smallest absolute Gasteiger partial charge is 0.324 e. The molecular formula is C13H20N4O3S. The molecule has 21 heavy (non-hydrogen) atoms. The highest BCUT2D eigenvalue weighted by molar-refractivity contribution is 7.15. The average Bonchev–Trinajstić information content (AvgIpc) is 3.08. The van der Waals surface area contributed by atoms with E-state index in [0.717, 1.165) is 24.3 Å². The number of carbonyl (C=O) groups excluding carboxylic acids is 1. The molecule has 0 aliphatic heterocycles. The van der Waals surface area contributed by atoms with Crippen molar-refractivity contribution < 1.29 is 14.7 Å². The molecule has 116 valence electrons. The number of hydrogen-bond donors (Lipinski definition) is 2. The van der Waals surface area contributed by atoms with E-state index in [1.165, 1.54) is 16.2 Å². The van der Waals surface area contributed by atoms with Gasteiger partial charge in [0.2, 0.25) is 5.13 Å². The molecule has 1 fully saturated rings. The molecule has 0 atom stereocenters. The summed E-state index contributed by atoms with van der Waals surface area (Å²) in [6.07, 6.45) is 2.93. The predicted octanol–water partition coefficient (Wildman–Crippen LogP) is 2.07. The molecule has 2 amide bonds. The maximum absolute atomic E-state index is 12.1. The van der Waals surface area contributed by atoms with Crippen molar-refractivity contribution in [1.29, 1.82) is 0 Å². The summed E-state index contributed by atoms with van der Waals surface area (Å²) in [6.45, 7) is 4.36. The van der Waals surface area contributed by atoms with Gasteiger partial charge in [-0.15, -0.1) is 10.2 Å². The van der Waals surface area contributed by atoms with Crippen molar-refractivity contribution in [2.45, 2.75) is 33.1 Å². The maximum Gasteiger partial charge on any atom is 0.324 e. The van der Waals surface area contributed by atoms with E-state index in [1.807, 2.05) is 0 Å². The van der Waals surface area contributed by atoms with Crippen molar-refractivity contribution in [3.63, 3.8) is 0 Å². The third kappa shape index (κ3) is 5.30. The normalized spacial score (nSPS) is 14.2. The molecule has 0 radical (unpaired) electrons. The molecule has 0 aromatic carbocycles. The van der Waals surface area contributed by atoms with Crippen molar-refractivity contribution >= 4 is 28.5 Å². The molecule has 1 saturated carbocycles. The molecule has 1 aliphatic rings. The van der Waals surface area contributed by atoms with Crippen molar-refractivity contribution in [3.05, 3.63) is 5.01 Å². The number of aliphatic carboxylic acids is 1. The zero-order valence-corrected chi connectivity index (χ0v) is 13.0. The number of amides is 2. The average molecular weight is 312 g/mol. The van der Waals surface area contributed by atoms with Crippen molar-refractivity contribution in [1.82, 2.24) is 15.1 Å². The van der Waals surface area contributed by atoms with Crippen molar-refractivity contribution in [3.8, 4) is 0 Å². The van der Waals surface area contributed by atoms with Crippen LogP contribution in [0, 0.1) is 11.8 Å². The molecular weight excluding hydrogens is 292 g/mol. The number of carboxylic acid groups (broad SMARTS) is 1. The molecule has 1 heterocycles. The predicted molar refractivity (Wildman–Crippen MR) is 79.4 cm³/mol. The molecule has 0 bridgehead atoms. The van der Waals surface area contributed by atoms with Crippen LogP contribution in [-0.2, 0) is 11.2 Å². The highest BCUT2D eigenvalue weighted by Gasteiger charge is 2.28. The first-order valence-electron chi connectivity index (χ1n) is 7.04. The summed E-state index contributed by atoms with van der Waals surface area (Å²) in [6, 6.07) is -0.420. The Labute approximate surface area is 127 Å². The summed E-state index contributed by atoms with van der Waals surface area (Å²) >= 11 is 1.33. The van der Waals surface area contributed by atoms with Crippen molar-refractivity contribution in [2.24, 2.45) is 11.8 Å². The second-order valence-corrected chi connectivity index (χ2v) is 6.81. The summed E-state index contributed by atoms with van der Waals surface area (Å²) < 4.78 is 0. The molecule has 1 aromatic rings. The fraction of sp³-hybridized carbons (Fsp3) is 0.692. The Morgan fingerprint density at radius 3 is 2.71 bits per heavy atom. The molecule has 2 rings (SSSR count). The first-order chi connectivity index (χ1) is 9.94. The van der Waals surface area contributed by atoms with Gasteiger partial charge in [-0.3, -0.25) is 10.1 Å². The second kappa shape index (κ2) is 6.84. The van der Waals surface area contributed by atoms with Crippen LogP contribution in [0.4, 0.5) is 9.93 Å². The Kier molecular flexibility index (Phi) is 5.11. The first-order valence-corrected chi connectivity index (χ1v) is 7.85. The Balaban J connectivity index is 1.93. The third-order valence-electron chi connectivity index (χ3n) is 3.05. The van der Waals surface area contributed by atoms with Crippen LogP contribution >= 0.6 is 11.3 Å². The zero-order valence-electron chi connectivity index (χ0n) is 12.2. The summed E-state index contributed by atoms with van der Waals surface area (Å²) in [5, 5.41) is 20.8. The quantitative estimate of drug-likeness (QED) is 0.803. The summed E-state index contributed by atoms with van der Waals surface area (Å²) in [5.41, 5.74) is 0. The SMILES string of the molecule is CC(C)Cc1nnc(NC(=O)N(CC(=O)O)CC2CC2)s1. The summed E-state index contributed by atoms with van der Waals surface area (Å²) in [5.74, 6) is -0.107. The lowest BCUT2D eigenvalue weighted by Crippen LogP contribution is -2.40. The van der Waals surface area contributed by atoms with E-state index in [9.17, 15) is 9.59 Å². The van der Waals surface area contributed by atoms with Gasteiger partial charge in [-0.1, -0.05) is 25.2 Å². The standard InChI is InChI=1S/C13H20N4O3S/c1-8(2)5-10-15-16-12(21-10)14-13(20)17(7-11(18)19)6-9-3-4-9/h8-9H,3-7H2,1-2H3,(H,18,19)(H,14,16,20). The number of rotatable bonds is 7. The fourth-order valence-corrected chi connectivity index (χ4v) is 2.84. The Morgan fingerprint density at radius 2 is 2.14 bits per heavy atom. The molecule has 0 unspecified atom stereocenters. The molecule has 2 N–H and O–H groups in total.